The maximum Gasteiger partial charge on any atom is 0.160 e. The highest BCUT2D eigenvalue weighted by Gasteiger charge is 2.45. The quantitative estimate of drug-likeness (QED) is 0.678. The minimum atomic E-state index is 0.243. The van der Waals surface area contributed by atoms with Crippen LogP contribution in [0.2, 0.25) is 0 Å². The monoisotopic (exact) mass is 418 g/mol. The van der Waals surface area contributed by atoms with Gasteiger partial charge >= 0.3 is 0 Å². The van der Waals surface area contributed by atoms with E-state index < -0.39 is 0 Å². The molecule has 0 aromatic heterocycles. The van der Waals surface area contributed by atoms with Gasteiger partial charge in [-0.3, -0.25) is 9.80 Å². The topological polar surface area (TPSA) is 43.4 Å². The van der Waals surface area contributed by atoms with E-state index in [1.54, 1.807) is 14.2 Å². The Morgan fingerprint density at radius 1 is 1.00 bits per heavy atom. The first kappa shape index (κ1) is 21.9. The summed E-state index contributed by atoms with van der Waals surface area (Å²) < 4.78 is 22.5. The van der Waals surface area contributed by atoms with E-state index in [-0.39, 0.29) is 5.41 Å². The summed E-state index contributed by atoms with van der Waals surface area (Å²) in [6.07, 6.45) is 1.13. The van der Waals surface area contributed by atoms with Gasteiger partial charge in [0.15, 0.2) is 11.5 Å². The first-order valence-electron chi connectivity index (χ1n) is 11.3. The van der Waals surface area contributed by atoms with E-state index in [4.69, 9.17) is 18.9 Å². The predicted molar refractivity (Wildman–Crippen MR) is 118 cm³/mol. The van der Waals surface area contributed by atoms with E-state index in [0.717, 1.165) is 77.1 Å². The lowest BCUT2D eigenvalue weighted by molar-refractivity contribution is -0.00282. The van der Waals surface area contributed by atoms with Crippen molar-refractivity contribution in [2.45, 2.75) is 32.2 Å². The first-order chi connectivity index (χ1) is 14.5. The molecule has 0 saturated carbocycles. The Morgan fingerprint density at radius 2 is 1.77 bits per heavy atom. The van der Waals surface area contributed by atoms with Crippen LogP contribution in [0.15, 0.2) is 18.2 Å². The molecule has 6 nitrogen and oxygen atoms in total. The van der Waals surface area contributed by atoms with Crippen molar-refractivity contribution < 1.29 is 18.9 Å². The number of fused-ring (bicyclic) bond motifs is 1. The summed E-state index contributed by atoms with van der Waals surface area (Å²) in [5.74, 6) is 2.61. The average Bonchev–Trinajstić information content (AvgIpc) is 3.11. The first-order valence-corrected chi connectivity index (χ1v) is 11.3. The van der Waals surface area contributed by atoms with Gasteiger partial charge in [0.05, 0.1) is 34.0 Å². The molecular weight excluding hydrogens is 380 g/mol. The molecule has 0 spiro atoms. The van der Waals surface area contributed by atoms with Gasteiger partial charge in [0.25, 0.3) is 0 Å². The van der Waals surface area contributed by atoms with E-state index in [2.05, 4.69) is 35.8 Å². The van der Waals surface area contributed by atoms with Crippen molar-refractivity contribution in [3.63, 3.8) is 0 Å². The molecule has 6 heteroatoms. The molecule has 30 heavy (non-hydrogen) atoms. The number of nitrogens with zero attached hydrogens (tertiary/aromatic N) is 2. The van der Waals surface area contributed by atoms with E-state index >= 15 is 0 Å². The van der Waals surface area contributed by atoms with Crippen molar-refractivity contribution in [1.82, 2.24) is 9.80 Å². The minimum absolute atomic E-state index is 0.243. The highest BCUT2D eigenvalue weighted by atomic mass is 16.5. The van der Waals surface area contributed by atoms with Gasteiger partial charge in [-0.1, -0.05) is 19.9 Å². The third kappa shape index (κ3) is 4.77. The van der Waals surface area contributed by atoms with Gasteiger partial charge in [-0.2, -0.15) is 0 Å². The molecule has 3 fully saturated rings. The van der Waals surface area contributed by atoms with Crippen LogP contribution in [0, 0.1) is 11.3 Å². The van der Waals surface area contributed by atoms with Crippen LogP contribution in [-0.4, -0.2) is 89.2 Å². The van der Waals surface area contributed by atoms with E-state index in [0.29, 0.717) is 17.9 Å². The van der Waals surface area contributed by atoms with Crippen LogP contribution in [0.25, 0.3) is 0 Å². The second-order valence-corrected chi connectivity index (χ2v) is 9.80. The van der Waals surface area contributed by atoms with Gasteiger partial charge in [-0.15, -0.1) is 0 Å². The summed E-state index contributed by atoms with van der Waals surface area (Å²) in [6.45, 7) is 13.7. The maximum atomic E-state index is 5.93. The van der Waals surface area contributed by atoms with Crippen LogP contribution in [-0.2, 0) is 9.47 Å². The molecule has 168 valence electrons. The van der Waals surface area contributed by atoms with Gasteiger partial charge < -0.3 is 18.9 Å². The number of likely N-dealkylation sites (tertiary alicyclic amines) is 1. The van der Waals surface area contributed by atoms with Gasteiger partial charge in [0.1, 0.15) is 0 Å². The molecule has 1 aromatic rings. The SMILES string of the molecule is COc1ccc([C@H]2CN(CC(C)(C)CN3CCOCC3)[C@@H]3CCOC[C@H]23)cc1OC. The van der Waals surface area contributed by atoms with Gasteiger partial charge in [0.2, 0.25) is 0 Å². The average molecular weight is 419 g/mol. The number of hydrogen-bond acceptors (Lipinski definition) is 6. The van der Waals surface area contributed by atoms with Crippen LogP contribution in [0.1, 0.15) is 31.7 Å². The fraction of sp³-hybridized carbons (Fsp3) is 0.750. The lowest BCUT2D eigenvalue weighted by Crippen LogP contribution is -2.48. The molecule has 0 amide bonds. The zero-order valence-electron chi connectivity index (χ0n) is 19.1. The molecule has 3 aliphatic heterocycles. The second kappa shape index (κ2) is 9.43. The number of benzene rings is 1. The van der Waals surface area contributed by atoms with E-state index in [9.17, 15) is 0 Å². The Hall–Kier alpha value is -1.34. The van der Waals surface area contributed by atoms with Crippen molar-refractivity contribution in [2.24, 2.45) is 11.3 Å². The third-order valence-electron chi connectivity index (χ3n) is 7.00. The predicted octanol–water partition coefficient (Wildman–Crippen LogP) is 2.87. The van der Waals surface area contributed by atoms with Crippen molar-refractivity contribution in [3.05, 3.63) is 23.8 Å². The number of rotatable bonds is 7. The molecule has 3 aliphatic rings. The minimum Gasteiger partial charge on any atom is -0.493 e. The van der Waals surface area contributed by atoms with Crippen LogP contribution in [0.4, 0.5) is 0 Å². The molecule has 0 unspecified atom stereocenters. The van der Waals surface area contributed by atoms with E-state index in [1.807, 2.05) is 6.07 Å². The van der Waals surface area contributed by atoms with Crippen molar-refractivity contribution in [3.8, 4) is 11.5 Å². The standard InChI is InChI=1S/C24H38N2O4/c1-24(2,16-25-8-11-29-12-9-25)17-26-14-19(20-15-30-10-7-21(20)26)18-5-6-22(27-3)23(13-18)28-4/h5-6,13,19-21H,7-12,14-17H2,1-4H3/t19-,20-,21-/m1/s1. The molecule has 1 aromatic carbocycles. The molecule has 0 radical (unpaired) electrons. The number of morpholine rings is 1. The molecule has 3 heterocycles. The van der Waals surface area contributed by atoms with Crippen LogP contribution in [0.5, 0.6) is 11.5 Å². The van der Waals surface area contributed by atoms with Crippen LogP contribution >= 0.6 is 0 Å². The second-order valence-electron chi connectivity index (χ2n) is 9.80. The van der Waals surface area contributed by atoms with Crippen LogP contribution in [0.3, 0.4) is 0 Å². The molecule has 0 bridgehead atoms. The largest absolute Gasteiger partial charge is 0.493 e. The fourth-order valence-corrected chi connectivity index (χ4v) is 5.69. The Morgan fingerprint density at radius 3 is 2.50 bits per heavy atom. The normalized spacial score (nSPS) is 28.3. The Bertz CT molecular complexity index is 704. The summed E-state index contributed by atoms with van der Waals surface area (Å²) in [4.78, 5) is 5.31. The highest BCUT2D eigenvalue weighted by molar-refractivity contribution is 5.44. The van der Waals surface area contributed by atoms with E-state index in [1.165, 1.54) is 5.56 Å². The molecule has 3 saturated heterocycles. The lowest BCUT2D eigenvalue weighted by atomic mass is 9.83. The maximum absolute atomic E-state index is 5.93. The summed E-state index contributed by atoms with van der Waals surface area (Å²) >= 11 is 0. The summed E-state index contributed by atoms with van der Waals surface area (Å²) in [6, 6.07) is 7.01. The van der Waals surface area contributed by atoms with Crippen LogP contribution < -0.4 is 9.47 Å². The smallest absolute Gasteiger partial charge is 0.160 e. The lowest BCUT2D eigenvalue weighted by Gasteiger charge is -2.40. The molecule has 0 aliphatic carbocycles. The Labute approximate surface area is 181 Å². The summed E-state index contributed by atoms with van der Waals surface area (Å²) in [5, 5.41) is 0. The molecule has 0 N–H and O–H groups in total. The van der Waals surface area contributed by atoms with Crippen molar-refractivity contribution >= 4 is 0 Å². The molecular formula is C24H38N2O4. The molecule has 4 rings (SSSR count). The van der Waals surface area contributed by atoms with Crippen molar-refractivity contribution in [1.29, 1.82) is 0 Å². The Kier molecular flexibility index (Phi) is 6.88. The third-order valence-corrected chi connectivity index (χ3v) is 7.00. The highest BCUT2D eigenvalue weighted by Crippen LogP contribution is 2.44. The molecule has 3 atom stereocenters. The fourth-order valence-electron chi connectivity index (χ4n) is 5.69. The Balaban J connectivity index is 1.49. The van der Waals surface area contributed by atoms with Crippen molar-refractivity contribution in [2.75, 3.05) is 73.4 Å². The number of ether oxygens (including phenoxy) is 4. The van der Waals surface area contributed by atoms with Gasteiger partial charge in [-0.25, -0.2) is 0 Å². The summed E-state index contributed by atoms with van der Waals surface area (Å²) in [7, 11) is 3.40. The number of hydrogen-bond donors (Lipinski definition) is 0. The summed E-state index contributed by atoms with van der Waals surface area (Å²) in [5.41, 5.74) is 1.58. The zero-order chi connectivity index (χ0) is 21.1. The zero-order valence-corrected chi connectivity index (χ0v) is 19.1. The number of methoxy groups -OCH3 is 2. The van der Waals surface area contributed by atoms with Gasteiger partial charge in [0, 0.05) is 57.2 Å². The van der Waals surface area contributed by atoms with Gasteiger partial charge in [-0.05, 0) is 29.5 Å².